The van der Waals surface area contributed by atoms with E-state index in [-0.39, 0.29) is 5.75 Å². The number of rotatable bonds is 4. The van der Waals surface area contributed by atoms with Crippen LogP contribution in [0.15, 0.2) is 42.5 Å². The smallest absolute Gasteiger partial charge is 0.168 e. The van der Waals surface area contributed by atoms with E-state index < -0.39 is 11.1 Å². The molecule has 1 atom stereocenters. The molecule has 0 amide bonds. The van der Waals surface area contributed by atoms with Crippen LogP contribution in [0.5, 0.6) is 0 Å². The van der Waals surface area contributed by atoms with Gasteiger partial charge in [-0.05, 0) is 17.7 Å². The van der Waals surface area contributed by atoms with Crippen LogP contribution in [-0.4, -0.2) is 20.0 Å². The summed E-state index contributed by atoms with van der Waals surface area (Å²) >= 11 is -2.08. The van der Waals surface area contributed by atoms with Crippen molar-refractivity contribution in [2.24, 2.45) is 0 Å². The van der Waals surface area contributed by atoms with E-state index in [9.17, 15) is 13.6 Å². The average molecular weight is 260 g/mol. The molecule has 1 aromatic heterocycles. The summed E-state index contributed by atoms with van der Waals surface area (Å²) in [5.74, 6) is 0.00207. The summed E-state index contributed by atoms with van der Waals surface area (Å²) in [7, 11) is 0. The lowest BCUT2D eigenvalue weighted by Gasteiger charge is -2.06. The van der Waals surface area contributed by atoms with E-state index in [1.165, 1.54) is 0 Å². The van der Waals surface area contributed by atoms with Crippen molar-refractivity contribution in [3.8, 4) is 11.3 Å². The molecular formula is C13H10NO3S-. The van der Waals surface area contributed by atoms with Crippen LogP contribution in [0.4, 0.5) is 0 Å². The Morgan fingerprint density at radius 2 is 1.89 bits per heavy atom. The molecule has 0 aliphatic heterocycles. The first kappa shape index (κ1) is 12.6. The summed E-state index contributed by atoms with van der Waals surface area (Å²) in [5.41, 5.74) is 2.63. The van der Waals surface area contributed by atoms with Gasteiger partial charge in [0.15, 0.2) is 6.29 Å². The van der Waals surface area contributed by atoms with Crippen LogP contribution < -0.4 is 0 Å². The minimum Gasteiger partial charge on any atom is -0.772 e. The van der Waals surface area contributed by atoms with Gasteiger partial charge in [0.25, 0.3) is 0 Å². The summed E-state index contributed by atoms with van der Waals surface area (Å²) in [6.45, 7) is 0. The van der Waals surface area contributed by atoms with Crippen molar-refractivity contribution in [3.05, 3.63) is 53.7 Å². The second kappa shape index (κ2) is 5.66. The van der Waals surface area contributed by atoms with Crippen molar-refractivity contribution in [2.45, 2.75) is 5.75 Å². The average Bonchev–Trinajstić information content (AvgIpc) is 2.39. The van der Waals surface area contributed by atoms with Crippen LogP contribution in [0.25, 0.3) is 11.3 Å². The maximum atomic E-state index is 10.6. The van der Waals surface area contributed by atoms with Gasteiger partial charge in [0.2, 0.25) is 0 Å². The highest BCUT2D eigenvalue weighted by molar-refractivity contribution is 7.78. The topological polar surface area (TPSA) is 70.1 Å². The largest absolute Gasteiger partial charge is 0.772 e. The van der Waals surface area contributed by atoms with Crippen molar-refractivity contribution < 1.29 is 13.6 Å². The number of nitrogens with zero attached hydrogens (tertiary/aromatic N) is 1. The molecule has 1 heterocycles. The molecule has 0 saturated carbocycles. The second-order valence-electron chi connectivity index (χ2n) is 3.71. The molecule has 0 N–H and O–H groups in total. The fourth-order valence-electron chi connectivity index (χ4n) is 1.59. The molecule has 0 saturated heterocycles. The Balaban J connectivity index is 2.28. The van der Waals surface area contributed by atoms with Crippen LogP contribution in [0.3, 0.4) is 0 Å². The minimum absolute atomic E-state index is 0.00207. The zero-order chi connectivity index (χ0) is 13.0. The lowest BCUT2D eigenvalue weighted by Crippen LogP contribution is -1.94. The van der Waals surface area contributed by atoms with Gasteiger partial charge in [-0.2, -0.15) is 0 Å². The van der Waals surface area contributed by atoms with Gasteiger partial charge in [-0.3, -0.25) is 9.00 Å². The molecule has 2 rings (SSSR count). The van der Waals surface area contributed by atoms with Gasteiger partial charge < -0.3 is 4.55 Å². The Morgan fingerprint density at radius 1 is 1.17 bits per heavy atom. The molecule has 18 heavy (non-hydrogen) atoms. The molecule has 0 aliphatic rings. The first-order valence-electron chi connectivity index (χ1n) is 5.26. The Morgan fingerprint density at radius 3 is 2.50 bits per heavy atom. The van der Waals surface area contributed by atoms with Crippen LogP contribution >= 0.6 is 0 Å². The van der Waals surface area contributed by atoms with Gasteiger partial charge in [-0.25, -0.2) is 4.98 Å². The summed E-state index contributed by atoms with van der Waals surface area (Å²) in [6, 6.07) is 12.2. The van der Waals surface area contributed by atoms with Crippen LogP contribution in [0.2, 0.25) is 0 Å². The van der Waals surface area contributed by atoms with Gasteiger partial charge >= 0.3 is 0 Å². The zero-order valence-corrected chi connectivity index (χ0v) is 10.2. The molecule has 2 aromatic rings. The third-order valence-electron chi connectivity index (χ3n) is 2.43. The van der Waals surface area contributed by atoms with Crippen LogP contribution in [0, 0.1) is 0 Å². The lowest BCUT2D eigenvalue weighted by molar-refractivity contribution is 0.111. The van der Waals surface area contributed by atoms with Gasteiger partial charge in [-0.15, -0.1) is 0 Å². The van der Waals surface area contributed by atoms with Gasteiger partial charge in [0.05, 0.1) is 5.69 Å². The van der Waals surface area contributed by atoms with Crippen molar-refractivity contribution in [1.29, 1.82) is 0 Å². The number of carbonyl (C=O) groups excluding carboxylic acids is 1. The highest BCUT2D eigenvalue weighted by atomic mass is 32.2. The zero-order valence-electron chi connectivity index (χ0n) is 9.41. The number of benzene rings is 1. The number of carbonyl (C=O) groups is 1. The molecule has 4 nitrogen and oxygen atoms in total. The highest BCUT2D eigenvalue weighted by Gasteiger charge is 2.01. The van der Waals surface area contributed by atoms with E-state index in [1.54, 1.807) is 42.5 Å². The first-order chi connectivity index (χ1) is 8.69. The van der Waals surface area contributed by atoms with E-state index in [0.29, 0.717) is 17.7 Å². The molecule has 0 aliphatic carbocycles. The van der Waals surface area contributed by atoms with Crippen molar-refractivity contribution in [1.82, 2.24) is 4.98 Å². The maximum Gasteiger partial charge on any atom is 0.168 e. The Bertz CT molecular complexity index is 581. The summed E-state index contributed by atoms with van der Waals surface area (Å²) < 4.78 is 21.1. The Hall–Kier alpha value is -1.85. The first-order valence-corrected chi connectivity index (χ1v) is 6.51. The summed E-state index contributed by atoms with van der Waals surface area (Å²) in [5, 5.41) is 0. The SMILES string of the molecule is O=Cc1cccc(-c2ccc(CS(=O)[O-])cc2)n1. The van der Waals surface area contributed by atoms with E-state index in [1.807, 2.05) is 0 Å². The van der Waals surface area contributed by atoms with Crippen LogP contribution in [-0.2, 0) is 16.8 Å². The fourth-order valence-corrected chi connectivity index (χ4v) is 2.05. The fraction of sp³-hybridized carbons (Fsp3) is 0.0769. The number of aldehydes is 1. The van der Waals surface area contributed by atoms with E-state index in [0.717, 1.165) is 11.1 Å². The van der Waals surface area contributed by atoms with Gasteiger partial charge in [0, 0.05) is 11.3 Å². The highest BCUT2D eigenvalue weighted by Crippen LogP contribution is 2.18. The van der Waals surface area contributed by atoms with Crippen molar-refractivity contribution >= 4 is 17.4 Å². The molecule has 0 spiro atoms. The molecule has 0 bridgehead atoms. The number of aromatic nitrogens is 1. The monoisotopic (exact) mass is 260 g/mol. The number of pyridine rings is 1. The van der Waals surface area contributed by atoms with E-state index in [2.05, 4.69) is 4.98 Å². The normalized spacial score (nSPS) is 12.1. The van der Waals surface area contributed by atoms with Crippen molar-refractivity contribution in [2.75, 3.05) is 0 Å². The summed E-state index contributed by atoms with van der Waals surface area (Å²) in [6.07, 6.45) is 0.693. The molecule has 5 heteroatoms. The molecule has 0 radical (unpaired) electrons. The maximum absolute atomic E-state index is 10.6. The molecule has 0 fully saturated rings. The Kier molecular flexibility index (Phi) is 3.96. The predicted octanol–water partition coefficient (Wildman–Crippen LogP) is 1.94. The molecule has 92 valence electrons. The van der Waals surface area contributed by atoms with Crippen LogP contribution in [0.1, 0.15) is 16.1 Å². The standard InChI is InChI=1S/C13H11NO3S/c15-8-12-2-1-3-13(14-12)11-6-4-10(5-7-11)9-18(16)17/h1-8H,9H2,(H,16,17)/p-1. The lowest BCUT2D eigenvalue weighted by atomic mass is 10.1. The van der Waals surface area contributed by atoms with Crippen molar-refractivity contribution in [3.63, 3.8) is 0 Å². The minimum atomic E-state index is -2.08. The third-order valence-corrected chi connectivity index (χ3v) is 2.99. The number of hydrogen-bond acceptors (Lipinski definition) is 4. The second-order valence-corrected chi connectivity index (χ2v) is 4.61. The van der Waals surface area contributed by atoms with E-state index >= 15 is 0 Å². The quantitative estimate of drug-likeness (QED) is 0.622. The molecule has 1 aromatic carbocycles. The predicted molar refractivity (Wildman–Crippen MR) is 67.7 cm³/mol. The Labute approximate surface area is 107 Å². The van der Waals surface area contributed by atoms with Gasteiger partial charge in [-0.1, -0.05) is 41.4 Å². The number of hydrogen-bond donors (Lipinski definition) is 0. The molecule has 1 unspecified atom stereocenters. The molecular weight excluding hydrogens is 250 g/mol. The third kappa shape index (κ3) is 3.09. The van der Waals surface area contributed by atoms with E-state index in [4.69, 9.17) is 0 Å². The van der Waals surface area contributed by atoms with Gasteiger partial charge in [0.1, 0.15) is 5.69 Å². The summed E-state index contributed by atoms with van der Waals surface area (Å²) in [4.78, 5) is 14.8.